The van der Waals surface area contributed by atoms with Crippen molar-refractivity contribution in [3.63, 3.8) is 0 Å². The Hall–Kier alpha value is -2.52. The molecule has 2 aromatic rings. The molecule has 0 amide bonds. The smallest absolute Gasteiger partial charge is 0.0315 e. The molecule has 0 unspecified atom stereocenters. The number of hydrogen-bond donors (Lipinski definition) is 0. The van der Waals surface area contributed by atoms with Gasteiger partial charge >= 0.3 is 0 Å². The van der Waals surface area contributed by atoms with Gasteiger partial charge in [0.15, 0.2) is 0 Å². The highest BCUT2D eigenvalue weighted by Crippen LogP contribution is 2.13. The van der Waals surface area contributed by atoms with Crippen LogP contribution in [0.4, 0.5) is 0 Å². The second-order valence-corrected chi connectivity index (χ2v) is 3.86. The molecule has 0 N–H and O–H groups in total. The van der Waals surface area contributed by atoms with Gasteiger partial charge < -0.3 is 0 Å². The lowest BCUT2D eigenvalue weighted by Crippen LogP contribution is -1.78. The van der Waals surface area contributed by atoms with Crippen molar-refractivity contribution in [1.82, 2.24) is 0 Å². The normalized spacial score (nSPS) is 11.4. The second kappa shape index (κ2) is 6.27. The Kier molecular flexibility index (Phi) is 4.16. The van der Waals surface area contributed by atoms with E-state index < -0.39 is 0 Å². The average Bonchev–Trinajstić information content (AvgIpc) is 2.46. The molecule has 2 aromatic carbocycles. The summed E-state index contributed by atoms with van der Waals surface area (Å²) in [6.07, 6.45) is 11.5. The molecule has 0 spiro atoms. The zero-order valence-electron chi connectivity index (χ0n) is 10.1. The Balaban J connectivity index is 2.18. The van der Waals surface area contributed by atoms with E-state index in [9.17, 15) is 0 Å². The molecule has 0 heterocycles. The van der Waals surface area contributed by atoms with Crippen molar-refractivity contribution < 1.29 is 0 Å². The zero-order chi connectivity index (χ0) is 12.6. The van der Waals surface area contributed by atoms with Crippen LogP contribution in [-0.4, -0.2) is 0 Å². The van der Waals surface area contributed by atoms with Gasteiger partial charge in [0.25, 0.3) is 0 Å². The van der Waals surface area contributed by atoms with Crippen LogP contribution < -0.4 is 0 Å². The lowest BCUT2D eigenvalue weighted by atomic mass is 10.1. The topological polar surface area (TPSA) is 0 Å². The first-order valence-corrected chi connectivity index (χ1v) is 5.85. The first-order valence-electron chi connectivity index (χ1n) is 5.85. The van der Waals surface area contributed by atoms with E-state index in [0.717, 1.165) is 16.7 Å². The first kappa shape index (κ1) is 12.0. The molecule has 0 aliphatic heterocycles. The largest absolute Gasteiger partial charge is 0.115 e. The van der Waals surface area contributed by atoms with Crippen LogP contribution in [0.3, 0.4) is 0 Å². The zero-order valence-corrected chi connectivity index (χ0v) is 10.1. The van der Waals surface area contributed by atoms with Gasteiger partial charge in [-0.25, -0.2) is 0 Å². The van der Waals surface area contributed by atoms with Crippen LogP contribution in [0.2, 0.25) is 0 Å². The summed E-state index contributed by atoms with van der Waals surface area (Å²) < 4.78 is 0. The molecule has 18 heavy (non-hydrogen) atoms. The molecule has 0 atom stereocenters. The van der Waals surface area contributed by atoms with Crippen molar-refractivity contribution in [2.24, 2.45) is 0 Å². The lowest BCUT2D eigenvalue weighted by molar-refractivity contribution is 1.63. The van der Waals surface area contributed by atoms with E-state index in [-0.39, 0.29) is 0 Å². The molecule has 0 aliphatic carbocycles. The van der Waals surface area contributed by atoms with Gasteiger partial charge in [0, 0.05) is 5.57 Å². The Morgan fingerprint density at radius 1 is 0.889 bits per heavy atom. The highest BCUT2D eigenvalue weighted by atomic mass is 14.0. The third-order valence-electron chi connectivity index (χ3n) is 2.59. The SMILES string of the molecule is C#C/C(=C\C=C\c1ccccc1)c1ccccc1. The van der Waals surface area contributed by atoms with E-state index in [1.54, 1.807) is 0 Å². The molecular formula is C18H14. The quantitative estimate of drug-likeness (QED) is 0.541. The molecular weight excluding hydrogens is 216 g/mol. The van der Waals surface area contributed by atoms with E-state index in [4.69, 9.17) is 6.42 Å². The highest BCUT2D eigenvalue weighted by Gasteiger charge is 1.94. The fraction of sp³-hybridized carbons (Fsp3) is 0. The molecule has 0 heteroatoms. The summed E-state index contributed by atoms with van der Waals surface area (Å²) in [5.74, 6) is 2.71. The Labute approximate surface area is 108 Å². The number of hydrogen-bond acceptors (Lipinski definition) is 0. The Bertz CT molecular complexity index is 581. The van der Waals surface area contributed by atoms with Crippen molar-refractivity contribution in [2.45, 2.75) is 0 Å². The van der Waals surface area contributed by atoms with Gasteiger partial charge in [0.05, 0.1) is 0 Å². The molecule has 0 aromatic heterocycles. The van der Waals surface area contributed by atoms with E-state index in [2.05, 4.69) is 18.1 Å². The first-order chi connectivity index (χ1) is 8.90. The van der Waals surface area contributed by atoms with Gasteiger partial charge in [-0.3, -0.25) is 0 Å². The van der Waals surface area contributed by atoms with Crippen molar-refractivity contribution in [3.05, 3.63) is 83.9 Å². The van der Waals surface area contributed by atoms with Gasteiger partial charge in [-0.15, -0.1) is 6.42 Å². The van der Waals surface area contributed by atoms with Crippen LogP contribution >= 0.6 is 0 Å². The third-order valence-corrected chi connectivity index (χ3v) is 2.59. The summed E-state index contributed by atoms with van der Waals surface area (Å²) in [6, 6.07) is 20.1. The van der Waals surface area contributed by atoms with Crippen molar-refractivity contribution in [1.29, 1.82) is 0 Å². The highest BCUT2D eigenvalue weighted by molar-refractivity contribution is 5.79. The molecule has 0 saturated carbocycles. The molecule has 86 valence electrons. The van der Waals surface area contributed by atoms with E-state index in [1.165, 1.54) is 0 Å². The maximum absolute atomic E-state index is 5.53. The lowest BCUT2D eigenvalue weighted by Gasteiger charge is -1.97. The van der Waals surface area contributed by atoms with Crippen LogP contribution in [-0.2, 0) is 0 Å². The van der Waals surface area contributed by atoms with Gasteiger partial charge in [-0.05, 0) is 17.2 Å². The molecule has 0 saturated heterocycles. The summed E-state index contributed by atoms with van der Waals surface area (Å²) in [5, 5.41) is 0. The number of rotatable bonds is 3. The van der Waals surface area contributed by atoms with Crippen molar-refractivity contribution in [3.8, 4) is 12.3 Å². The summed E-state index contributed by atoms with van der Waals surface area (Å²) in [5.41, 5.74) is 3.12. The summed E-state index contributed by atoms with van der Waals surface area (Å²) in [4.78, 5) is 0. The van der Waals surface area contributed by atoms with Crippen LogP contribution in [0.25, 0.3) is 11.6 Å². The van der Waals surface area contributed by atoms with Crippen LogP contribution in [0.5, 0.6) is 0 Å². The minimum absolute atomic E-state index is 0.891. The predicted molar refractivity (Wildman–Crippen MR) is 78.7 cm³/mol. The van der Waals surface area contributed by atoms with Gasteiger partial charge in [-0.2, -0.15) is 0 Å². The molecule has 0 nitrogen and oxygen atoms in total. The third kappa shape index (κ3) is 3.23. The number of terminal acetylenes is 1. The molecule has 0 fully saturated rings. The Morgan fingerprint density at radius 3 is 2.11 bits per heavy atom. The maximum Gasteiger partial charge on any atom is 0.0315 e. The van der Waals surface area contributed by atoms with E-state index >= 15 is 0 Å². The van der Waals surface area contributed by atoms with Gasteiger partial charge in [-0.1, -0.05) is 78.7 Å². The number of allylic oxidation sites excluding steroid dienone is 3. The fourth-order valence-corrected chi connectivity index (χ4v) is 1.66. The standard InChI is InChI=1S/C18H14/c1-2-17(18-13-7-4-8-14-18)15-9-12-16-10-5-3-6-11-16/h1,3-15H/b12-9+,17-15+. The molecule has 0 aliphatic rings. The predicted octanol–water partition coefficient (Wildman–Crippen LogP) is 4.42. The Morgan fingerprint density at radius 2 is 1.50 bits per heavy atom. The minimum Gasteiger partial charge on any atom is -0.115 e. The monoisotopic (exact) mass is 230 g/mol. The average molecular weight is 230 g/mol. The van der Waals surface area contributed by atoms with Crippen LogP contribution in [0, 0.1) is 12.3 Å². The summed E-state index contributed by atoms with van der Waals surface area (Å²) >= 11 is 0. The molecule has 0 bridgehead atoms. The van der Waals surface area contributed by atoms with Crippen LogP contribution in [0.15, 0.2) is 72.8 Å². The molecule has 0 radical (unpaired) electrons. The van der Waals surface area contributed by atoms with E-state index in [0.29, 0.717) is 0 Å². The van der Waals surface area contributed by atoms with Gasteiger partial charge in [0.1, 0.15) is 0 Å². The van der Waals surface area contributed by atoms with Crippen molar-refractivity contribution >= 4 is 11.6 Å². The maximum atomic E-state index is 5.53. The minimum atomic E-state index is 0.891. The second-order valence-electron chi connectivity index (χ2n) is 3.86. The summed E-state index contributed by atoms with van der Waals surface area (Å²) in [7, 11) is 0. The van der Waals surface area contributed by atoms with Crippen molar-refractivity contribution in [2.75, 3.05) is 0 Å². The summed E-state index contributed by atoms with van der Waals surface area (Å²) in [6.45, 7) is 0. The molecule has 2 rings (SSSR count). The van der Waals surface area contributed by atoms with Gasteiger partial charge in [0.2, 0.25) is 0 Å². The number of benzene rings is 2. The fourth-order valence-electron chi connectivity index (χ4n) is 1.66. The van der Waals surface area contributed by atoms with E-state index in [1.807, 2.05) is 66.8 Å². The van der Waals surface area contributed by atoms with Crippen LogP contribution in [0.1, 0.15) is 11.1 Å².